The minimum absolute atomic E-state index is 0.182. The first-order valence-electron chi connectivity index (χ1n) is 7.28. The van der Waals surface area contributed by atoms with Crippen LogP contribution in [0.1, 0.15) is 53.5 Å². The van der Waals surface area contributed by atoms with Crippen molar-refractivity contribution in [2.75, 3.05) is 5.75 Å². The van der Waals surface area contributed by atoms with Crippen molar-refractivity contribution < 1.29 is 9.59 Å². The molecule has 2 atom stereocenters. The van der Waals surface area contributed by atoms with E-state index in [9.17, 15) is 9.59 Å². The SMILES string of the molecule is CCSC1CCCC(NC(=O)c2ccc(C(N)=O)cn2)C1. The van der Waals surface area contributed by atoms with Crippen molar-refractivity contribution in [1.82, 2.24) is 10.3 Å². The molecule has 2 rings (SSSR count). The number of amides is 2. The van der Waals surface area contributed by atoms with Crippen LogP contribution in [0.4, 0.5) is 0 Å². The molecule has 114 valence electrons. The second kappa shape index (κ2) is 7.45. The predicted molar refractivity (Wildman–Crippen MR) is 84.4 cm³/mol. The van der Waals surface area contributed by atoms with Crippen LogP contribution in [0.2, 0.25) is 0 Å². The molecule has 0 bridgehead atoms. The first-order valence-corrected chi connectivity index (χ1v) is 8.33. The fraction of sp³-hybridized carbons (Fsp3) is 0.533. The first kappa shape index (κ1) is 15.8. The molecule has 1 aliphatic rings. The zero-order valence-corrected chi connectivity index (χ0v) is 13.0. The lowest BCUT2D eigenvalue weighted by molar-refractivity contribution is 0.0921. The van der Waals surface area contributed by atoms with Gasteiger partial charge in [-0.3, -0.25) is 14.6 Å². The Morgan fingerprint density at radius 3 is 2.86 bits per heavy atom. The van der Waals surface area contributed by atoms with E-state index in [1.807, 2.05) is 11.8 Å². The molecule has 3 N–H and O–H groups in total. The van der Waals surface area contributed by atoms with Gasteiger partial charge in [-0.15, -0.1) is 0 Å². The third-order valence-corrected chi connectivity index (χ3v) is 4.88. The number of pyridine rings is 1. The number of hydrogen-bond donors (Lipinski definition) is 2. The van der Waals surface area contributed by atoms with Gasteiger partial charge in [-0.1, -0.05) is 13.3 Å². The number of nitrogens with two attached hydrogens (primary N) is 1. The van der Waals surface area contributed by atoms with Crippen molar-refractivity contribution in [3.05, 3.63) is 29.6 Å². The molecule has 6 heteroatoms. The Hall–Kier alpha value is -1.56. The van der Waals surface area contributed by atoms with E-state index in [0.717, 1.165) is 25.0 Å². The average Bonchev–Trinajstić information content (AvgIpc) is 2.48. The molecule has 1 saturated carbocycles. The number of hydrogen-bond acceptors (Lipinski definition) is 4. The Morgan fingerprint density at radius 2 is 2.24 bits per heavy atom. The third-order valence-electron chi connectivity index (χ3n) is 3.64. The van der Waals surface area contributed by atoms with Crippen LogP contribution in [0.25, 0.3) is 0 Å². The second-order valence-corrected chi connectivity index (χ2v) is 6.79. The van der Waals surface area contributed by atoms with Gasteiger partial charge in [-0.25, -0.2) is 0 Å². The summed E-state index contributed by atoms with van der Waals surface area (Å²) in [5.41, 5.74) is 5.78. The zero-order valence-electron chi connectivity index (χ0n) is 12.2. The molecule has 1 aromatic heterocycles. The molecule has 0 aliphatic heterocycles. The number of primary amides is 1. The Labute approximate surface area is 129 Å². The van der Waals surface area contributed by atoms with Crippen molar-refractivity contribution in [2.45, 2.75) is 43.9 Å². The lowest BCUT2D eigenvalue weighted by Crippen LogP contribution is -2.39. The van der Waals surface area contributed by atoms with Crippen LogP contribution in [0.3, 0.4) is 0 Å². The monoisotopic (exact) mass is 307 g/mol. The molecule has 0 aromatic carbocycles. The quantitative estimate of drug-likeness (QED) is 0.871. The lowest BCUT2D eigenvalue weighted by Gasteiger charge is -2.29. The van der Waals surface area contributed by atoms with Gasteiger partial charge < -0.3 is 11.1 Å². The zero-order chi connectivity index (χ0) is 15.2. The molecule has 2 amide bonds. The summed E-state index contributed by atoms with van der Waals surface area (Å²) in [5.74, 6) is 0.390. The lowest BCUT2D eigenvalue weighted by atomic mass is 9.95. The van der Waals surface area contributed by atoms with E-state index >= 15 is 0 Å². The number of thioether (sulfide) groups is 1. The highest BCUT2D eigenvalue weighted by Crippen LogP contribution is 2.28. The van der Waals surface area contributed by atoms with E-state index in [4.69, 9.17) is 5.73 Å². The van der Waals surface area contributed by atoms with E-state index in [1.165, 1.54) is 24.8 Å². The van der Waals surface area contributed by atoms with Gasteiger partial charge in [0, 0.05) is 17.5 Å². The average molecular weight is 307 g/mol. The van der Waals surface area contributed by atoms with Crippen LogP contribution in [0.15, 0.2) is 18.3 Å². The van der Waals surface area contributed by atoms with E-state index in [-0.39, 0.29) is 11.9 Å². The number of carbonyl (C=O) groups excluding carboxylic acids is 2. The summed E-state index contributed by atoms with van der Waals surface area (Å²) in [7, 11) is 0. The Kier molecular flexibility index (Phi) is 5.61. The maximum atomic E-state index is 12.2. The van der Waals surface area contributed by atoms with Crippen molar-refractivity contribution in [3.63, 3.8) is 0 Å². The number of carbonyl (C=O) groups is 2. The molecule has 21 heavy (non-hydrogen) atoms. The number of nitrogens with one attached hydrogen (secondary N) is 1. The van der Waals surface area contributed by atoms with Crippen LogP contribution < -0.4 is 11.1 Å². The number of nitrogens with zero attached hydrogens (tertiary/aromatic N) is 1. The molecule has 1 aromatic rings. The summed E-state index contributed by atoms with van der Waals surface area (Å²) in [6, 6.07) is 3.28. The minimum atomic E-state index is -0.541. The Bertz CT molecular complexity index is 502. The maximum Gasteiger partial charge on any atom is 0.270 e. The summed E-state index contributed by atoms with van der Waals surface area (Å²) in [4.78, 5) is 27.1. The molecule has 5 nitrogen and oxygen atoms in total. The fourth-order valence-electron chi connectivity index (χ4n) is 2.60. The largest absolute Gasteiger partial charge is 0.366 e. The number of rotatable bonds is 5. The van der Waals surface area contributed by atoms with Gasteiger partial charge in [-0.2, -0.15) is 11.8 Å². The summed E-state index contributed by atoms with van der Waals surface area (Å²) < 4.78 is 0. The van der Waals surface area contributed by atoms with E-state index < -0.39 is 5.91 Å². The topological polar surface area (TPSA) is 85.1 Å². The molecule has 2 unspecified atom stereocenters. The van der Waals surface area contributed by atoms with E-state index in [0.29, 0.717) is 16.5 Å². The number of aromatic nitrogens is 1. The molecule has 1 fully saturated rings. The van der Waals surface area contributed by atoms with Crippen LogP contribution in [-0.4, -0.2) is 33.8 Å². The minimum Gasteiger partial charge on any atom is -0.366 e. The van der Waals surface area contributed by atoms with Crippen LogP contribution in [0.5, 0.6) is 0 Å². The van der Waals surface area contributed by atoms with Crippen LogP contribution in [-0.2, 0) is 0 Å². The summed E-state index contributed by atoms with van der Waals surface area (Å²) in [6.45, 7) is 2.16. The standard InChI is InChI=1S/C15H21N3O2S/c1-2-21-12-5-3-4-11(8-12)18-15(20)13-7-6-10(9-17-13)14(16)19/h6-7,9,11-12H,2-5,8H2,1H3,(H2,16,19)(H,18,20). The molecule has 0 radical (unpaired) electrons. The van der Waals surface area contributed by atoms with Gasteiger partial charge in [-0.05, 0) is 37.1 Å². The van der Waals surface area contributed by atoms with Crippen LogP contribution >= 0.6 is 11.8 Å². The molecule has 0 spiro atoms. The molecule has 1 aliphatic carbocycles. The van der Waals surface area contributed by atoms with Crippen molar-refractivity contribution in [2.24, 2.45) is 5.73 Å². The van der Waals surface area contributed by atoms with Gasteiger partial charge >= 0.3 is 0 Å². The van der Waals surface area contributed by atoms with Gasteiger partial charge in [0.25, 0.3) is 5.91 Å². The molecular weight excluding hydrogens is 286 g/mol. The smallest absolute Gasteiger partial charge is 0.270 e. The third kappa shape index (κ3) is 4.46. The predicted octanol–water partition coefficient (Wildman–Crippen LogP) is 1.97. The molecule has 0 saturated heterocycles. The van der Waals surface area contributed by atoms with Gasteiger partial charge in [0.15, 0.2) is 0 Å². The highest BCUT2D eigenvalue weighted by atomic mass is 32.2. The molecule has 1 heterocycles. The van der Waals surface area contributed by atoms with Crippen LogP contribution in [0, 0.1) is 0 Å². The van der Waals surface area contributed by atoms with Crippen molar-refractivity contribution >= 4 is 23.6 Å². The summed E-state index contributed by atoms with van der Waals surface area (Å²) in [5, 5.41) is 3.68. The molecular formula is C15H21N3O2S. The normalized spacial score (nSPS) is 21.8. The first-order chi connectivity index (χ1) is 10.1. The Morgan fingerprint density at radius 1 is 1.43 bits per heavy atom. The van der Waals surface area contributed by atoms with Gasteiger partial charge in [0.1, 0.15) is 5.69 Å². The highest BCUT2D eigenvalue weighted by molar-refractivity contribution is 7.99. The van der Waals surface area contributed by atoms with Gasteiger partial charge in [0.2, 0.25) is 5.91 Å². The second-order valence-electron chi connectivity index (χ2n) is 5.21. The Balaban J connectivity index is 1.92. The van der Waals surface area contributed by atoms with Gasteiger partial charge in [0.05, 0.1) is 5.56 Å². The van der Waals surface area contributed by atoms with Crippen molar-refractivity contribution in [3.8, 4) is 0 Å². The van der Waals surface area contributed by atoms with E-state index in [1.54, 1.807) is 0 Å². The van der Waals surface area contributed by atoms with Crippen molar-refractivity contribution in [1.29, 1.82) is 0 Å². The highest BCUT2D eigenvalue weighted by Gasteiger charge is 2.23. The fourth-order valence-corrected chi connectivity index (χ4v) is 3.77. The van der Waals surface area contributed by atoms with E-state index in [2.05, 4.69) is 17.2 Å². The maximum absolute atomic E-state index is 12.2. The summed E-state index contributed by atoms with van der Waals surface area (Å²) >= 11 is 1.97. The summed E-state index contributed by atoms with van der Waals surface area (Å²) in [6.07, 6.45) is 5.76.